The number of nitrogens with one attached hydrogen (secondary N) is 2. The molecule has 0 aliphatic rings. The standard InChI is InChI=1S/C22H25FN6O4S/c1-12-4-5-15(10-18(12)34(25,31)32)28-22-26-11-17(23)21(29-22)27-16-8-13(2)20(14(3)9-16)33-7-6-19(24)30/h4-5,8-11H,6-7H2,1-3H3,(H2,24,30)(H2,25,31,32)(H2,26,27,28,29). The first kappa shape index (κ1) is 24.9. The van der Waals surface area contributed by atoms with Gasteiger partial charge in [0.15, 0.2) is 11.6 Å². The number of amides is 1. The molecular weight excluding hydrogens is 463 g/mol. The van der Waals surface area contributed by atoms with Crippen LogP contribution in [0.1, 0.15) is 23.1 Å². The molecule has 0 unspecified atom stereocenters. The lowest BCUT2D eigenvalue weighted by Crippen LogP contribution is -2.15. The number of aromatic nitrogens is 2. The van der Waals surface area contributed by atoms with Crippen LogP contribution in [0.3, 0.4) is 0 Å². The van der Waals surface area contributed by atoms with Gasteiger partial charge in [0.25, 0.3) is 0 Å². The number of nitrogens with zero attached hydrogens (tertiary/aromatic N) is 2. The maximum atomic E-state index is 14.4. The van der Waals surface area contributed by atoms with Crippen molar-refractivity contribution < 1.29 is 22.3 Å². The van der Waals surface area contributed by atoms with Crippen LogP contribution in [0.5, 0.6) is 5.75 Å². The van der Waals surface area contributed by atoms with E-state index in [4.69, 9.17) is 15.6 Å². The number of ether oxygens (including phenoxy) is 1. The molecule has 0 aliphatic heterocycles. The number of benzene rings is 2. The number of rotatable bonds is 9. The number of sulfonamides is 1. The number of primary sulfonamides is 1. The van der Waals surface area contributed by atoms with Crippen molar-refractivity contribution in [2.45, 2.75) is 32.1 Å². The van der Waals surface area contributed by atoms with Crippen LogP contribution in [0.15, 0.2) is 41.4 Å². The molecule has 6 N–H and O–H groups in total. The van der Waals surface area contributed by atoms with Gasteiger partial charge in [0, 0.05) is 11.4 Å². The molecule has 1 aromatic heterocycles. The molecule has 12 heteroatoms. The van der Waals surface area contributed by atoms with Gasteiger partial charge < -0.3 is 21.1 Å². The second-order valence-corrected chi connectivity index (χ2v) is 9.20. The first-order chi connectivity index (χ1) is 15.9. The third-order valence-electron chi connectivity index (χ3n) is 4.81. The van der Waals surface area contributed by atoms with Crippen molar-refractivity contribution in [2.75, 3.05) is 17.2 Å². The highest BCUT2D eigenvalue weighted by Gasteiger charge is 2.14. The van der Waals surface area contributed by atoms with Crippen LogP contribution >= 0.6 is 0 Å². The first-order valence-electron chi connectivity index (χ1n) is 10.2. The SMILES string of the molecule is Cc1ccc(Nc2ncc(F)c(Nc3cc(C)c(OCCC(N)=O)c(C)c3)n2)cc1S(N)(=O)=O. The summed E-state index contributed by atoms with van der Waals surface area (Å²) in [6.45, 7) is 5.42. The van der Waals surface area contributed by atoms with Crippen LogP contribution in [0, 0.1) is 26.6 Å². The zero-order valence-electron chi connectivity index (χ0n) is 18.8. The van der Waals surface area contributed by atoms with Crippen molar-refractivity contribution in [1.82, 2.24) is 9.97 Å². The van der Waals surface area contributed by atoms with Crippen molar-refractivity contribution in [1.29, 1.82) is 0 Å². The van der Waals surface area contributed by atoms with Crippen LogP contribution in [0.4, 0.5) is 27.5 Å². The molecule has 0 saturated heterocycles. The maximum Gasteiger partial charge on any atom is 0.238 e. The van der Waals surface area contributed by atoms with Crippen LogP contribution in [0.2, 0.25) is 0 Å². The van der Waals surface area contributed by atoms with Gasteiger partial charge in [-0.2, -0.15) is 4.98 Å². The summed E-state index contributed by atoms with van der Waals surface area (Å²) in [6.07, 6.45) is 1.09. The Kier molecular flexibility index (Phi) is 7.32. The highest BCUT2D eigenvalue weighted by molar-refractivity contribution is 7.89. The van der Waals surface area contributed by atoms with Crippen molar-refractivity contribution in [3.63, 3.8) is 0 Å². The van der Waals surface area contributed by atoms with E-state index in [2.05, 4.69) is 20.6 Å². The van der Waals surface area contributed by atoms with Crippen molar-refractivity contribution in [3.8, 4) is 5.75 Å². The summed E-state index contributed by atoms with van der Waals surface area (Å²) in [7, 11) is -3.91. The average molecular weight is 489 g/mol. The van der Waals surface area contributed by atoms with Gasteiger partial charge in [0.2, 0.25) is 21.9 Å². The average Bonchev–Trinajstić information content (AvgIpc) is 2.73. The van der Waals surface area contributed by atoms with E-state index in [1.807, 2.05) is 13.8 Å². The Balaban J connectivity index is 1.82. The Hall–Kier alpha value is -3.77. The van der Waals surface area contributed by atoms with Gasteiger partial charge in [-0.15, -0.1) is 0 Å². The lowest BCUT2D eigenvalue weighted by molar-refractivity contribution is -0.118. The first-order valence-corrected chi connectivity index (χ1v) is 11.7. The molecule has 0 spiro atoms. The summed E-state index contributed by atoms with van der Waals surface area (Å²) < 4.78 is 43.6. The lowest BCUT2D eigenvalue weighted by atomic mass is 10.1. The minimum atomic E-state index is -3.91. The van der Waals surface area contributed by atoms with Crippen LogP contribution in [0.25, 0.3) is 0 Å². The second-order valence-electron chi connectivity index (χ2n) is 7.67. The monoisotopic (exact) mass is 488 g/mol. The molecule has 0 bridgehead atoms. The number of hydrogen-bond donors (Lipinski definition) is 4. The van der Waals surface area contributed by atoms with E-state index in [1.54, 1.807) is 31.2 Å². The molecule has 34 heavy (non-hydrogen) atoms. The summed E-state index contributed by atoms with van der Waals surface area (Å²) in [4.78, 5) is 18.9. The predicted molar refractivity (Wildman–Crippen MR) is 126 cm³/mol. The third-order valence-corrected chi connectivity index (χ3v) is 5.87. The highest BCUT2D eigenvalue weighted by Crippen LogP contribution is 2.30. The fourth-order valence-corrected chi connectivity index (χ4v) is 4.08. The number of carbonyl (C=O) groups excluding carboxylic acids is 1. The fourth-order valence-electron chi connectivity index (χ4n) is 3.27. The molecule has 180 valence electrons. The Morgan fingerprint density at radius 2 is 1.74 bits per heavy atom. The normalized spacial score (nSPS) is 11.2. The quantitative estimate of drug-likeness (QED) is 0.357. The van der Waals surface area contributed by atoms with Crippen LogP contribution in [-0.4, -0.2) is 30.9 Å². The molecule has 3 aromatic rings. The Bertz CT molecular complexity index is 1320. The molecule has 0 atom stereocenters. The van der Waals surface area contributed by atoms with E-state index in [0.717, 1.165) is 17.3 Å². The Labute approximate surface area is 196 Å². The molecule has 0 radical (unpaired) electrons. The summed E-state index contributed by atoms with van der Waals surface area (Å²) in [5.74, 6) is -0.562. The summed E-state index contributed by atoms with van der Waals surface area (Å²) in [5.41, 5.74) is 8.11. The summed E-state index contributed by atoms with van der Waals surface area (Å²) >= 11 is 0. The van der Waals surface area contributed by atoms with Gasteiger partial charge in [0.05, 0.1) is 24.1 Å². The third kappa shape index (κ3) is 6.17. The van der Waals surface area contributed by atoms with Crippen molar-refractivity contribution in [3.05, 3.63) is 59.0 Å². The number of hydrogen-bond acceptors (Lipinski definition) is 8. The predicted octanol–water partition coefficient (Wildman–Crippen LogP) is 2.93. The number of anilines is 4. The molecule has 10 nitrogen and oxygen atoms in total. The van der Waals surface area contributed by atoms with Gasteiger partial charge in [-0.1, -0.05) is 6.07 Å². The molecule has 1 heterocycles. The van der Waals surface area contributed by atoms with Gasteiger partial charge in [-0.3, -0.25) is 4.79 Å². The van der Waals surface area contributed by atoms with Gasteiger partial charge in [0.1, 0.15) is 5.75 Å². The van der Waals surface area contributed by atoms with Gasteiger partial charge in [-0.05, 0) is 61.7 Å². The zero-order chi connectivity index (χ0) is 25.0. The van der Waals surface area contributed by atoms with E-state index in [-0.39, 0.29) is 29.7 Å². The van der Waals surface area contributed by atoms with Crippen LogP contribution < -0.4 is 26.2 Å². The fraction of sp³-hybridized carbons (Fsp3) is 0.227. The maximum absolute atomic E-state index is 14.4. The smallest absolute Gasteiger partial charge is 0.238 e. The topological polar surface area (TPSA) is 162 Å². The molecule has 3 rings (SSSR count). The number of primary amides is 1. The number of aryl methyl sites for hydroxylation is 3. The molecule has 0 aliphatic carbocycles. The van der Waals surface area contributed by atoms with Gasteiger partial charge >= 0.3 is 0 Å². The molecular formula is C22H25FN6O4S. The molecule has 0 fully saturated rings. The van der Waals surface area contributed by atoms with E-state index >= 15 is 0 Å². The van der Waals surface area contributed by atoms with Crippen LogP contribution in [-0.2, 0) is 14.8 Å². The van der Waals surface area contributed by atoms with Crippen molar-refractivity contribution in [2.24, 2.45) is 10.9 Å². The number of halogens is 1. The Morgan fingerprint density at radius 3 is 2.35 bits per heavy atom. The highest BCUT2D eigenvalue weighted by atomic mass is 32.2. The molecule has 2 aromatic carbocycles. The molecule has 1 amide bonds. The minimum absolute atomic E-state index is 0.0398. The van der Waals surface area contributed by atoms with Crippen molar-refractivity contribution >= 4 is 39.1 Å². The van der Waals surface area contributed by atoms with Gasteiger partial charge in [-0.25, -0.2) is 22.9 Å². The number of nitrogens with two attached hydrogens (primary N) is 2. The lowest BCUT2D eigenvalue weighted by Gasteiger charge is -2.15. The van der Waals surface area contributed by atoms with E-state index in [9.17, 15) is 17.6 Å². The van der Waals surface area contributed by atoms with E-state index in [1.165, 1.54) is 6.07 Å². The summed E-state index contributed by atoms with van der Waals surface area (Å²) in [6, 6.07) is 8.07. The van der Waals surface area contributed by atoms with E-state index < -0.39 is 21.7 Å². The second kappa shape index (κ2) is 10.0. The minimum Gasteiger partial charge on any atom is -0.493 e. The Morgan fingerprint density at radius 1 is 1.06 bits per heavy atom. The number of carbonyl (C=O) groups is 1. The zero-order valence-corrected chi connectivity index (χ0v) is 19.7. The van der Waals surface area contributed by atoms with E-state index in [0.29, 0.717) is 22.7 Å². The summed E-state index contributed by atoms with van der Waals surface area (Å²) in [5, 5.41) is 11.0. The molecule has 0 saturated carbocycles. The largest absolute Gasteiger partial charge is 0.493 e.